The Morgan fingerprint density at radius 2 is 1.83 bits per heavy atom. The Kier molecular flexibility index (Phi) is 3.87. The van der Waals surface area contributed by atoms with Crippen molar-refractivity contribution in [3.63, 3.8) is 0 Å². The van der Waals surface area contributed by atoms with Crippen LogP contribution < -0.4 is 4.90 Å². The third-order valence-corrected chi connectivity index (χ3v) is 5.43. The molecule has 23 heavy (non-hydrogen) atoms. The normalized spacial score (nSPS) is 24.8. The highest BCUT2D eigenvalue weighted by Gasteiger charge is 2.42. The first-order chi connectivity index (χ1) is 11.2. The Hall–Kier alpha value is -1.43. The summed E-state index contributed by atoms with van der Waals surface area (Å²) in [7, 11) is 0. The third kappa shape index (κ3) is 2.67. The predicted octanol–water partition coefficient (Wildman–Crippen LogP) is 1.80. The molecule has 1 spiro atoms. The molecule has 1 atom stereocenters. The molecule has 0 aliphatic carbocycles. The molecule has 2 saturated heterocycles. The van der Waals surface area contributed by atoms with Gasteiger partial charge in [0.15, 0.2) is 5.79 Å². The lowest BCUT2D eigenvalue weighted by molar-refractivity contribution is -0.188. The molecule has 2 fully saturated rings. The van der Waals surface area contributed by atoms with Crippen molar-refractivity contribution in [3.05, 3.63) is 29.8 Å². The molecule has 1 aromatic carbocycles. The lowest BCUT2D eigenvalue weighted by atomic mass is 10.0. The Morgan fingerprint density at radius 1 is 1.13 bits per heavy atom. The maximum atomic E-state index is 12.9. The molecule has 3 aliphatic heterocycles. The fraction of sp³-hybridized carbons (Fsp3) is 0.611. The lowest BCUT2D eigenvalue weighted by Gasteiger charge is -2.40. The first-order valence-electron chi connectivity index (χ1n) is 8.60. The molecule has 0 saturated carbocycles. The molecule has 0 aromatic heterocycles. The molecule has 4 rings (SSSR count). The molecule has 1 amide bonds. The van der Waals surface area contributed by atoms with Crippen LogP contribution in [0.4, 0.5) is 5.69 Å². The molecule has 1 unspecified atom stereocenters. The average Bonchev–Trinajstić information content (AvgIpc) is 3.21. The summed E-state index contributed by atoms with van der Waals surface area (Å²) < 4.78 is 11.5. The van der Waals surface area contributed by atoms with Crippen LogP contribution in [-0.2, 0) is 20.7 Å². The SMILES string of the molecule is CC(C(=O)N1CCc2ccccc21)N1CCC2(CC1)OCCO2. The van der Waals surface area contributed by atoms with E-state index in [1.54, 1.807) is 0 Å². The van der Waals surface area contributed by atoms with E-state index in [-0.39, 0.29) is 17.7 Å². The van der Waals surface area contributed by atoms with Gasteiger partial charge in [-0.2, -0.15) is 0 Å². The molecule has 0 radical (unpaired) electrons. The number of likely N-dealkylation sites (tertiary alicyclic amines) is 1. The van der Waals surface area contributed by atoms with Gasteiger partial charge in [-0.3, -0.25) is 9.69 Å². The number of amides is 1. The van der Waals surface area contributed by atoms with Crippen molar-refractivity contribution in [2.45, 2.75) is 38.0 Å². The zero-order valence-corrected chi connectivity index (χ0v) is 13.7. The van der Waals surface area contributed by atoms with Gasteiger partial charge in [-0.1, -0.05) is 18.2 Å². The van der Waals surface area contributed by atoms with E-state index >= 15 is 0 Å². The van der Waals surface area contributed by atoms with E-state index < -0.39 is 0 Å². The lowest BCUT2D eigenvalue weighted by Crippen LogP contribution is -2.53. The first-order valence-corrected chi connectivity index (χ1v) is 8.60. The van der Waals surface area contributed by atoms with E-state index in [0.29, 0.717) is 13.2 Å². The summed E-state index contributed by atoms with van der Waals surface area (Å²) in [6.07, 6.45) is 2.65. The summed E-state index contributed by atoms with van der Waals surface area (Å²) in [5.74, 6) is -0.168. The number of carbonyl (C=O) groups is 1. The minimum atomic E-state index is -0.375. The van der Waals surface area contributed by atoms with Crippen molar-refractivity contribution < 1.29 is 14.3 Å². The highest BCUT2D eigenvalue weighted by atomic mass is 16.7. The van der Waals surface area contributed by atoms with E-state index in [1.807, 2.05) is 24.0 Å². The van der Waals surface area contributed by atoms with Gasteiger partial charge in [0, 0.05) is 38.2 Å². The molecular formula is C18H24N2O3. The van der Waals surface area contributed by atoms with Gasteiger partial charge in [-0.05, 0) is 25.0 Å². The predicted molar refractivity (Wildman–Crippen MR) is 87.4 cm³/mol. The van der Waals surface area contributed by atoms with Crippen molar-refractivity contribution in [1.29, 1.82) is 0 Å². The number of fused-ring (bicyclic) bond motifs is 1. The number of para-hydroxylation sites is 1. The van der Waals surface area contributed by atoms with E-state index in [4.69, 9.17) is 9.47 Å². The highest BCUT2D eigenvalue weighted by Crippen LogP contribution is 2.33. The Balaban J connectivity index is 1.42. The maximum absolute atomic E-state index is 12.9. The number of carbonyl (C=O) groups excluding carboxylic acids is 1. The van der Waals surface area contributed by atoms with E-state index in [2.05, 4.69) is 17.0 Å². The van der Waals surface area contributed by atoms with Crippen LogP contribution in [0, 0.1) is 0 Å². The number of ether oxygens (including phenoxy) is 2. The van der Waals surface area contributed by atoms with Crippen LogP contribution in [0.15, 0.2) is 24.3 Å². The van der Waals surface area contributed by atoms with Crippen LogP contribution in [0.1, 0.15) is 25.3 Å². The summed E-state index contributed by atoms with van der Waals surface area (Å²) in [5, 5.41) is 0. The Labute approximate surface area is 137 Å². The maximum Gasteiger partial charge on any atom is 0.244 e. The van der Waals surface area contributed by atoms with Crippen LogP contribution in [0.2, 0.25) is 0 Å². The summed E-state index contributed by atoms with van der Waals surface area (Å²) in [6.45, 7) is 5.91. The van der Waals surface area contributed by atoms with Crippen molar-refractivity contribution >= 4 is 11.6 Å². The van der Waals surface area contributed by atoms with Crippen LogP contribution in [0.5, 0.6) is 0 Å². The minimum absolute atomic E-state index is 0.0973. The Bertz CT molecular complexity index is 588. The number of hydrogen-bond donors (Lipinski definition) is 0. The summed E-state index contributed by atoms with van der Waals surface area (Å²) in [4.78, 5) is 17.2. The van der Waals surface area contributed by atoms with Crippen LogP contribution in [-0.4, -0.2) is 55.5 Å². The number of hydrogen-bond acceptors (Lipinski definition) is 4. The minimum Gasteiger partial charge on any atom is -0.347 e. The van der Waals surface area contributed by atoms with Crippen molar-refractivity contribution in [2.75, 3.05) is 37.7 Å². The van der Waals surface area contributed by atoms with Crippen molar-refractivity contribution in [3.8, 4) is 0 Å². The first kappa shape index (κ1) is 15.1. The molecule has 1 aromatic rings. The third-order valence-electron chi connectivity index (χ3n) is 5.43. The van der Waals surface area contributed by atoms with Gasteiger partial charge in [0.1, 0.15) is 0 Å². The highest BCUT2D eigenvalue weighted by molar-refractivity contribution is 5.98. The van der Waals surface area contributed by atoms with E-state index in [0.717, 1.165) is 44.6 Å². The standard InChI is InChI=1S/C18H24N2O3/c1-14(19-10-7-18(8-11-19)22-12-13-23-18)17(21)20-9-6-15-4-2-3-5-16(15)20/h2-5,14H,6-13H2,1H3. The fourth-order valence-electron chi connectivity index (χ4n) is 3.99. The molecule has 124 valence electrons. The van der Waals surface area contributed by atoms with Crippen LogP contribution in [0.3, 0.4) is 0 Å². The second-order valence-corrected chi connectivity index (χ2v) is 6.69. The molecule has 5 nitrogen and oxygen atoms in total. The molecule has 5 heteroatoms. The van der Waals surface area contributed by atoms with Gasteiger partial charge < -0.3 is 14.4 Å². The van der Waals surface area contributed by atoms with Gasteiger partial charge in [-0.15, -0.1) is 0 Å². The van der Waals surface area contributed by atoms with Crippen LogP contribution >= 0.6 is 0 Å². The van der Waals surface area contributed by atoms with E-state index in [1.165, 1.54) is 5.56 Å². The van der Waals surface area contributed by atoms with Gasteiger partial charge >= 0.3 is 0 Å². The molecular weight excluding hydrogens is 292 g/mol. The molecule has 0 N–H and O–H groups in total. The number of benzene rings is 1. The van der Waals surface area contributed by atoms with Crippen molar-refractivity contribution in [1.82, 2.24) is 4.90 Å². The molecule has 3 heterocycles. The topological polar surface area (TPSA) is 42.0 Å². The number of anilines is 1. The Morgan fingerprint density at radius 3 is 2.57 bits per heavy atom. The van der Waals surface area contributed by atoms with Gasteiger partial charge in [-0.25, -0.2) is 0 Å². The smallest absolute Gasteiger partial charge is 0.244 e. The quantitative estimate of drug-likeness (QED) is 0.834. The summed E-state index contributed by atoms with van der Waals surface area (Å²) in [6, 6.07) is 8.13. The second kappa shape index (κ2) is 5.89. The fourth-order valence-corrected chi connectivity index (χ4v) is 3.99. The van der Waals surface area contributed by atoms with Crippen molar-refractivity contribution in [2.24, 2.45) is 0 Å². The largest absolute Gasteiger partial charge is 0.347 e. The number of rotatable bonds is 2. The number of piperidine rings is 1. The van der Waals surface area contributed by atoms with Gasteiger partial charge in [0.25, 0.3) is 0 Å². The molecule has 0 bridgehead atoms. The summed E-state index contributed by atoms with van der Waals surface area (Å²) in [5.41, 5.74) is 2.36. The van der Waals surface area contributed by atoms with Gasteiger partial charge in [0.2, 0.25) is 5.91 Å². The summed E-state index contributed by atoms with van der Waals surface area (Å²) >= 11 is 0. The molecule has 3 aliphatic rings. The average molecular weight is 316 g/mol. The monoisotopic (exact) mass is 316 g/mol. The number of nitrogens with zero attached hydrogens (tertiary/aromatic N) is 2. The van der Waals surface area contributed by atoms with Gasteiger partial charge in [0.05, 0.1) is 19.3 Å². The van der Waals surface area contributed by atoms with E-state index in [9.17, 15) is 4.79 Å². The van der Waals surface area contributed by atoms with Crippen LogP contribution in [0.25, 0.3) is 0 Å². The zero-order chi connectivity index (χ0) is 15.9. The zero-order valence-electron chi connectivity index (χ0n) is 13.7. The second-order valence-electron chi connectivity index (χ2n) is 6.69.